The van der Waals surface area contributed by atoms with E-state index in [9.17, 15) is 4.79 Å². The fourth-order valence-electron chi connectivity index (χ4n) is 0.323. The zero-order valence-corrected chi connectivity index (χ0v) is 5.76. The van der Waals surface area contributed by atoms with Gasteiger partial charge < -0.3 is 9.84 Å². The Morgan fingerprint density at radius 1 is 1.78 bits per heavy atom. The van der Waals surface area contributed by atoms with Crippen molar-refractivity contribution in [2.24, 2.45) is 0 Å². The summed E-state index contributed by atoms with van der Waals surface area (Å²) in [6, 6.07) is 0. The van der Waals surface area contributed by atoms with E-state index in [4.69, 9.17) is 9.84 Å². The van der Waals surface area contributed by atoms with Crippen LogP contribution in [0.15, 0.2) is 0 Å². The Morgan fingerprint density at radius 2 is 2.33 bits per heavy atom. The second-order valence-electron chi connectivity index (χ2n) is 1.78. The lowest BCUT2D eigenvalue weighted by Crippen LogP contribution is -2.21. The molecular weight excluding hydrogens is 120 g/mol. The van der Waals surface area contributed by atoms with Gasteiger partial charge in [0.2, 0.25) is 0 Å². The number of ether oxygens (including phenoxy) is 1. The summed E-state index contributed by atoms with van der Waals surface area (Å²) in [6.07, 6.45) is -0.892. The summed E-state index contributed by atoms with van der Waals surface area (Å²) in [7, 11) is 0. The van der Waals surface area contributed by atoms with E-state index < -0.39 is 6.10 Å². The number of carbonyl (C=O) groups excluding carboxylic acids is 1. The molecule has 54 valence electrons. The Hall–Kier alpha value is -0.410. The second-order valence-corrected chi connectivity index (χ2v) is 1.78. The molecule has 0 saturated carbocycles. The first-order valence-corrected chi connectivity index (χ1v) is 2.97. The zero-order chi connectivity index (χ0) is 7.28. The van der Waals surface area contributed by atoms with Crippen LogP contribution < -0.4 is 0 Å². The standard InChI is InChI=1S/C6H12O3/c1-3-9-4-6(8)5(2)7/h5,7H,3-4H2,1-2H3. The van der Waals surface area contributed by atoms with Crippen LogP contribution in [0.1, 0.15) is 13.8 Å². The Kier molecular flexibility index (Phi) is 4.26. The Balaban J connectivity index is 3.28. The summed E-state index contributed by atoms with van der Waals surface area (Å²) in [6.45, 7) is 3.77. The first-order chi connectivity index (χ1) is 4.18. The average Bonchev–Trinajstić information content (AvgIpc) is 1.82. The van der Waals surface area contributed by atoms with Crippen LogP contribution >= 0.6 is 0 Å². The molecule has 0 aliphatic rings. The van der Waals surface area contributed by atoms with Gasteiger partial charge in [-0.25, -0.2) is 0 Å². The van der Waals surface area contributed by atoms with Gasteiger partial charge in [-0.05, 0) is 13.8 Å². The quantitative estimate of drug-likeness (QED) is 0.584. The van der Waals surface area contributed by atoms with E-state index >= 15 is 0 Å². The highest BCUT2D eigenvalue weighted by Gasteiger charge is 2.06. The van der Waals surface area contributed by atoms with Gasteiger partial charge in [0.15, 0.2) is 5.78 Å². The molecule has 1 N–H and O–H groups in total. The monoisotopic (exact) mass is 132 g/mol. The number of aliphatic hydroxyl groups is 1. The van der Waals surface area contributed by atoms with Crippen molar-refractivity contribution in [2.45, 2.75) is 20.0 Å². The lowest BCUT2D eigenvalue weighted by Gasteiger charge is -2.01. The van der Waals surface area contributed by atoms with Gasteiger partial charge in [-0.2, -0.15) is 0 Å². The van der Waals surface area contributed by atoms with Gasteiger partial charge >= 0.3 is 0 Å². The molecule has 9 heavy (non-hydrogen) atoms. The number of aliphatic hydroxyl groups excluding tert-OH is 1. The molecule has 3 nitrogen and oxygen atoms in total. The van der Waals surface area contributed by atoms with Crippen molar-refractivity contribution in [1.29, 1.82) is 0 Å². The predicted octanol–water partition coefficient (Wildman–Crippen LogP) is -0.0272. The molecule has 0 aromatic carbocycles. The predicted molar refractivity (Wildman–Crippen MR) is 33.2 cm³/mol. The van der Waals surface area contributed by atoms with E-state index in [-0.39, 0.29) is 12.4 Å². The van der Waals surface area contributed by atoms with E-state index in [0.717, 1.165) is 0 Å². The maximum Gasteiger partial charge on any atom is 0.186 e. The SMILES string of the molecule is CCOCC(=O)C(C)O. The van der Waals surface area contributed by atoms with Crippen LogP contribution in [0.4, 0.5) is 0 Å². The summed E-state index contributed by atoms with van der Waals surface area (Å²) in [5.74, 6) is -0.267. The normalized spacial score (nSPS) is 13.2. The van der Waals surface area contributed by atoms with E-state index in [1.807, 2.05) is 0 Å². The molecule has 0 aromatic rings. The second kappa shape index (κ2) is 4.47. The van der Waals surface area contributed by atoms with Gasteiger partial charge in [0, 0.05) is 6.61 Å². The minimum absolute atomic E-state index is 0.0220. The first kappa shape index (κ1) is 8.59. The minimum atomic E-state index is -0.892. The average molecular weight is 132 g/mol. The topological polar surface area (TPSA) is 46.5 Å². The van der Waals surface area contributed by atoms with Crippen molar-refractivity contribution in [3.8, 4) is 0 Å². The molecule has 0 fully saturated rings. The molecule has 3 heteroatoms. The van der Waals surface area contributed by atoms with Gasteiger partial charge in [-0.1, -0.05) is 0 Å². The summed E-state index contributed by atoms with van der Waals surface area (Å²) < 4.78 is 4.75. The third kappa shape index (κ3) is 4.12. The molecule has 0 saturated heterocycles. The van der Waals surface area contributed by atoms with Crippen molar-refractivity contribution < 1.29 is 14.6 Å². The van der Waals surface area contributed by atoms with Crippen molar-refractivity contribution in [1.82, 2.24) is 0 Å². The molecule has 1 unspecified atom stereocenters. The van der Waals surface area contributed by atoms with Crippen molar-refractivity contribution in [2.75, 3.05) is 13.2 Å². The van der Waals surface area contributed by atoms with Gasteiger partial charge in [0.1, 0.15) is 12.7 Å². The Bertz CT molecular complexity index is 88.3. The third-order valence-electron chi connectivity index (χ3n) is 0.914. The van der Waals surface area contributed by atoms with Gasteiger partial charge in [0.05, 0.1) is 0 Å². The van der Waals surface area contributed by atoms with Crippen molar-refractivity contribution in [3.63, 3.8) is 0 Å². The molecule has 0 aliphatic carbocycles. The molecule has 0 aliphatic heterocycles. The largest absolute Gasteiger partial charge is 0.386 e. The molecule has 0 rings (SSSR count). The van der Waals surface area contributed by atoms with E-state index in [1.54, 1.807) is 6.92 Å². The fourth-order valence-corrected chi connectivity index (χ4v) is 0.323. The molecule has 0 radical (unpaired) electrons. The van der Waals surface area contributed by atoms with Gasteiger partial charge in [-0.3, -0.25) is 4.79 Å². The van der Waals surface area contributed by atoms with Gasteiger partial charge in [-0.15, -0.1) is 0 Å². The number of rotatable bonds is 4. The van der Waals surface area contributed by atoms with Crippen LogP contribution in [0, 0.1) is 0 Å². The van der Waals surface area contributed by atoms with E-state index in [1.165, 1.54) is 6.92 Å². The fraction of sp³-hybridized carbons (Fsp3) is 0.833. The smallest absolute Gasteiger partial charge is 0.186 e. The number of carbonyl (C=O) groups is 1. The summed E-state index contributed by atoms with van der Waals surface area (Å²) in [5.41, 5.74) is 0. The highest BCUT2D eigenvalue weighted by atomic mass is 16.5. The molecular formula is C6H12O3. The van der Waals surface area contributed by atoms with E-state index in [0.29, 0.717) is 6.61 Å². The summed E-state index contributed by atoms with van der Waals surface area (Å²) in [5, 5.41) is 8.62. The molecule has 1 atom stereocenters. The molecule has 0 spiro atoms. The highest BCUT2D eigenvalue weighted by molar-refractivity contribution is 5.83. The first-order valence-electron chi connectivity index (χ1n) is 2.97. The molecule has 0 bridgehead atoms. The van der Waals surface area contributed by atoms with Crippen molar-refractivity contribution >= 4 is 5.78 Å². The Labute approximate surface area is 54.6 Å². The minimum Gasteiger partial charge on any atom is -0.386 e. The van der Waals surface area contributed by atoms with E-state index in [2.05, 4.69) is 0 Å². The Morgan fingerprint density at radius 3 is 2.67 bits per heavy atom. The summed E-state index contributed by atoms with van der Waals surface area (Å²) >= 11 is 0. The van der Waals surface area contributed by atoms with Crippen molar-refractivity contribution in [3.05, 3.63) is 0 Å². The van der Waals surface area contributed by atoms with Crippen LogP contribution in [0.25, 0.3) is 0 Å². The number of Topliss-reactive ketones (excluding diaryl/α,β-unsaturated/α-hetero) is 1. The maximum atomic E-state index is 10.5. The molecule has 0 amide bonds. The van der Waals surface area contributed by atoms with Crippen LogP contribution in [0.5, 0.6) is 0 Å². The lowest BCUT2D eigenvalue weighted by atomic mass is 10.3. The third-order valence-corrected chi connectivity index (χ3v) is 0.914. The van der Waals surface area contributed by atoms with Crippen LogP contribution in [-0.4, -0.2) is 30.2 Å². The number of hydrogen-bond acceptors (Lipinski definition) is 3. The lowest BCUT2D eigenvalue weighted by molar-refractivity contribution is -0.130. The zero-order valence-electron chi connectivity index (χ0n) is 5.76. The van der Waals surface area contributed by atoms with Crippen LogP contribution in [0.2, 0.25) is 0 Å². The summed E-state index contributed by atoms with van der Waals surface area (Å²) in [4.78, 5) is 10.5. The highest BCUT2D eigenvalue weighted by Crippen LogP contribution is 1.84. The number of ketones is 1. The maximum absolute atomic E-state index is 10.5. The molecule has 0 aromatic heterocycles. The van der Waals surface area contributed by atoms with Crippen LogP contribution in [-0.2, 0) is 9.53 Å². The van der Waals surface area contributed by atoms with Crippen LogP contribution in [0.3, 0.4) is 0 Å². The number of hydrogen-bond donors (Lipinski definition) is 1. The molecule has 0 heterocycles. The van der Waals surface area contributed by atoms with Gasteiger partial charge in [0.25, 0.3) is 0 Å².